The standard InChI is InChI=1S/C24H24N4O2/c1-17-21-15-26-28(20-11-7-4-8-12-20)24(30)23(21)18(2)27(17)16-22(29)25-14-13-19-9-5-3-6-10-19/h3-12,15H,13-14,16H2,1-2H3,(H,25,29). The molecule has 2 heterocycles. The van der Waals surface area contributed by atoms with Gasteiger partial charge in [-0.05, 0) is 38.0 Å². The van der Waals surface area contributed by atoms with E-state index in [-0.39, 0.29) is 18.0 Å². The molecular formula is C24H24N4O2. The van der Waals surface area contributed by atoms with Crippen molar-refractivity contribution in [3.8, 4) is 5.69 Å². The molecular weight excluding hydrogens is 376 g/mol. The number of fused-ring (bicyclic) bond motifs is 1. The van der Waals surface area contributed by atoms with Gasteiger partial charge in [-0.25, -0.2) is 0 Å². The van der Waals surface area contributed by atoms with Crippen LogP contribution in [-0.2, 0) is 17.8 Å². The molecule has 0 aliphatic rings. The Balaban J connectivity index is 1.56. The minimum atomic E-state index is -0.178. The van der Waals surface area contributed by atoms with Gasteiger partial charge in [-0.3, -0.25) is 9.59 Å². The first-order chi connectivity index (χ1) is 14.6. The Hall–Kier alpha value is -3.67. The van der Waals surface area contributed by atoms with Crippen molar-refractivity contribution < 1.29 is 4.79 Å². The smallest absolute Gasteiger partial charge is 0.281 e. The van der Waals surface area contributed by atoms with Crippen molar-refractivity contribution in [1.82, 2.24) is 19.7 Å². The Morgan fingerprint density at radius 2 is 1.63 bits per heavy atom. The lowest BCUT2D eigenvalue weighted by molar-refractivity contribution is -0.121. The molecule has 1 N–H and O–H groups in total. The van der Waals surface area contributed by atoms with Crippen LogP contribution < -0.4 is 10.9 Å². The summed E-state index contributed by atoms with van der Waals surface area (Å²) in [5.74, 6) is -0.0752. The average Bonchev–Trinajstić information content (AvgIpc) is 3.00. The molecule has 0 saturated heterocycles. The molecule has 0 bridgehead atoms. The maximum absolute atomic E-state index is 13.1. The third-order valence-corrected chi connectivity index (χ3v) is 5.42. The van der Waals surface area contributed by atoms with Crippen molar-refractivity contribution in [2.75, 3.05) is 6.54 Å². The van der Waals surface area contributed by atoms with Crippen molar-refractivity contribution in [3.05, 3.63) is 94.2 Å². The zero-order valence-electron chi connectivity index (χ0n) is 17.1. The van der Waals surface area contributed by atoms with Gasteiger partial charge < -0.3 is 9.88 Å². The minimum absolute atomic E-state index is 0.0752. The molecule has 6 heteroatoms. The van der Waals surface area contributed by atoms with Crippen molar-refractivity contribution >= 4 is 16.7 Å². The van der Waals surface area contributed by atoms with Crippen molar-refractivity contribution in [1.29, 1.82) is 0 Å². The number of hydrogen-bond acceptors (Lipinski definition) is 3. The number of nitrogens with one attached hydrogen (secondary N) is 1. The van der Waals surface area contributed by atoms with Crippen molar-refractivity contribution in [2.24, 2.45) is 0 Å². The zero-order chi connectivity index (χ0) is 21.1. The maximum Gasteiger partial charge on any atom is 0.281 e. The predicted molar refractivity (Wildman–Crippen MR) is 118 cm³/mol. The normalized spacial score (nSPS) is 11.0. The van der Waals surface area contributed by atoms with E-state index in [9.17, 15) is 9.59 Å². The summed E-state index contributed by atoms with van der Waals surface area (Å²) in [7, 11) is 0. The Morgan fingerprint density at radius 3 is 2.33 bits per heavy atom. The molecule has 6 nitrogen and oxygen atoms in total. The molecule has 2 aromatic heterocycles. The van der Waals surface area contributed by atoms with Crippen LogP contribution in [0.15, 0.2) is 71.7 Å². The third kappa shape index (κ3) is 3.76. The molecule has 2 aromatic carbocycles. The molecule has 4 aromatic rings. The van der Waals surface area contributed by atoms with Crippen LogP contribution in [0, 0.1) is 13.8 Å². The number of nitrogens with zero attached hydrogens (tertiary/aromatic N) is 3. The fraction of sp³-hybridized carbons (Fsp3) is 0.208. The van der Waals surface area contributed by atoms with E-state index >= 15 is 0 Å². The second kappa shape index (κ2) is 8.37. The topological polar surface area (TPSA) is 68.9 Å². The molecule has 1 amide bonds. The molecule has 0 atom stereocenters. The number of aryl methyl sites for hydroxylation is 2. The van der Waals surface area contributed by atoms with E-state index in [1.54, 1.807) is 6.20 Å². The van der Waals surface area contributed by atoms with Gasteiger partial charge in [-0.15, -0.1) is 0 Å². The highest BCUT2D eigenvalue weighted by Gasteiger charge is 2.18. The summed E-state index contributed by atoms with van der Waals surface area (Å²) >= 11 is 0. The summed E-state index contributed by atoms with van der Waals surface area (Å²) < 4.78 is 3.29. The van der Waals surface area contributed by atoms with Crippen LogP contribution in [0.5, 0.6) is 0 Å². The quantitative estimate of drug-likeness (QED) is 0.541. The van der Waals surface area contributed by atoms with Crippen LogP contribution in [0.4, 0.5) is 0 Å². The fourth-order valence-electron chi connectivity index (χ4n) is 3.79. The van der Waals surface area contributed by atoms with E-state index in [0.717, 1.165) is 23.2 Å². The number of hydrogen-bond donors (Lipinski definition) is 1. The highest BCUT2D eigenvalue weighted by Crippen LogP contribution is 2.22. The molecule has 0 saturated carbocycles. The second-order valence-corrected chi connectivity index (χ2v) is 7.33. The Bertz CT molecular complexity index is 1240. The Morgan fingerprint density at radius 1 is 0.967 bits per heavy atom. The summed E-state index contributed by atoms with van der Waals surface area (Å²) in [5, 5.41) is 8.70. The average molecular weight is 400 g/mol. The first-order valence-corrected chi connectivity index (χ1v) is 10.00. The van der Waals surface area contributed by atoms with Gasteiger partial charge in [0.15, 0.2) is 0 Å². The van der Waals surface area contributed by atoms with Crippen LogP contribution in [0.2, 0.25) is 0 Å². The van der Waals surface area contributed by atoms with E-state index in [1.807, 2.05) is 79.1 Å². The fourth-order valence-corrected chi connectivity index (χ4v) is 3.79. The van der Waals surface area contributed by atoms with E-state index in [2.05, 4.69) is 10.4 Å². The lowest BCUT2D eigenvalue weighted by Gasteiger charge is -2.10. The Labute approximate surface area is 174 Å². The van der Waals surface area contributed by atoms with Gasteiger partial charge in [-0.2, -0.15) is 9.78 Å². The van der Waals surface area contributed by atoms with Gasteiger partial charge in [0.1, 0.15) is 6.54 Å². The number of carbonyl (C=O) groups is 1. The van der Waals surface area contributed by atoms with Crippen molar-refractivity contribution in [3.63, 3.8) is 0 Å². The van der Waals surface area contributed by atoms with Gasteiger partial charge in [0.2, 0.25) is 5.91 Å². The van der Waals surface area contributed by atoms with Crippen LogP contribution in [0.25, 0.3) is 16.5 Å². The second-order valence-electron chi connectivity index (χ2n) is 7.33. The Kier molecular flexibility index (Phi) is 5.48. The number of carbonyl (C=O) groups excluding carboxylic acids is 1. The predicted octanol–water partition coefficient (Wildman–Crippen LogP) is 3.16. The monoisotopic (exact) mass is 400 g/mol. The minimum Gasteiger partial charge on any atom is -0.354 e. The van der Waals surface area contributed by atoms with E-state index < -0.39 is 0 Å². The zero-order valence-corrected chi connectivity index (χ0v) is 17.1. The number of para-hydroxylation sites is 1. The van der Waals surface area contributed by atoms with Crippen LogP contribution in [-0.4, -0.2) is 26.8 Å². The first kappa shape index (κ1) is 19.6. The van der Waals surface area contributed by atoms with E-state index in [0.29, 0.717) is 17.6 Å². The maximum atomic E-state index is 13.1. The summed E-state index contributed by atoms with van der Waals surface area (Å²) in [6, 6.07) is 19.4. The number of aromatic nitrogens is 3. The van der Waals surface area contributed by atoms with Gasteiger partial charge in [0.05, 0.1) is 17.3 Å². The van der Waals surface area contributed by atoms with Gasteiger partial charge in [-0.1, -0.05) is 48.5 Å². The largest absolute Gasteiger partial charge is 0.354 e. The molecule has 0 radical (unpaired) electrons. The lowest BCUT2D eigenvalue weighted by atomic mass is 10.1. The van der Waals surface area contributed by atoms with Crippen LogP contribution in [0.3, 0.4) is 0 Å². The molecule has 4 rings (SSSR count). The lowest BCUT2D eigenvalue weighted by Crippen LogP contribution is -2.30. The summed E-state index contributed by atoms with van der Waals surface area (Å²) in [6.07, 6.45) is 2.49. The molecule has 0 spiro atoms. The van der Waals surface area contributed by atoms with Crippen LogP contribution in [0.1, 0.15) is 17.0 Å². The molecule has 0 unspecified atom stereocenters. The molecule has 0 fully saturated rings. The molecule has 152 valence electrons. The van der Waals surface area contributed by atoms with Crippen molar-refractivity contribution in [2.45, 2.75) is 26.8 Å². The number of amides is 1. The third-order valence-electron chi connectivity index (χ3n) is 5.42. The first-order valence-electron chi connectivity index (χ1n) is 10.00. The number of benzene rings is 2. The van der Waals surface area contributed by atoms with E-state index in [1.165, 1.54) is 10.2 Å². The highest BCUT2D eigenvalue weighted by molar-refractivity contribution is 5.88. The molecule has 30 heavy (non-hydrogen) atoms. The molecule has 0 aliphatic heterocycles. The van der Waals surface area contributed by atoms with Gasteiger partial charge in [0.25, 0.3) is 5.56 Å². The highest BCUT2D eigenvalue weighted by atomic mass is 16.2. The summed E-state index contributed by atoms with van der Waals surface area (Å²) in [4.78, 5) is 25.6. The summed E-state index contributed by atoms with van der Waals surface area (Å²) in [5.41, 5.74) is 3.36. The molecule has 0 aliphatic carbocycles. The van der Waals surface area contributed by atoms with Crippen LogP contribution >= 0.6 is 0 Å². The van der Waals surface area contributed by atoms with Gasteiger partial charge in [0, 0.05) is 23.3 Å². The summed E-state index contributed by atoms with van der Waals surface area (Å²) in [6.45, 7) is 4.54. The SMILES string of the molecule is Cc1c2cnn(-c3ccccc3)c(=O)c2c(C)n1CC(=O)NCCc1ccccc1. The van der Waals surface area contributed by atoms with Gasteiger partial charge >= 0.3 is 0 Å². The van der Waals surface area contributed by atoms with E-state index in [4.69, 9.17) is 0 Å². The number of rotatable bonds is 6.